The molecule has 15 nitrogen and oxygen atoms in total. The number of aliphatic hydroxyl groups excluding tert-OH is 1. The molecule has 2 aromatic rings. The standard InChI is InChI=1S/C42H65FN6O9/c1-13-48(12)49-34-25(4)32(44)23(2)22-40(7,54-20-16-19-31-45-28-17-14-15-18-29(28)46-31)36(57-37-33(50)30(47(10)11)21-24(3)55-37)26(5)35(51)41(8,43)38(52)56-27(6)42(34,9)58-39(49)53/h14-19,23-27,30,32-34,36-37,50H,13,20-22,44H2,1-12H3,(H,45,46)/b19-16+/t23-,24-,25+,26+,27-,30+,32?,33-,34-,36-,37+,40+,41?,42-/m1/s1. The van der Waals surface area contributed by atoms with Crippen LogP contribution in [-0.2, 0) is 33.3 Å². The first kappa shape index (κ1) is 45.6. The van der Waals surface area contributed by atoms with Crippen molar-refractivity contribution in [3.05, 3.63) is 36.2 Å². The molecule has 3 aliphatic heterocycles. The Labute approximate surface area is 341 Å². The molecule has 16 heteroatoms. The third-order valence-electron chi connectivity index (χ3n) is 12.8. The summed E-state index contributed by atoms with van der Waals surface area (Å²) in [4.78, 5) is 51.7. The zero-order valence-corrected chi connectivity index (χ0v) is 36.1. The van der Waals surface area contributed by atoms with Gasteiger partial charge in [-0.3, -0.25) is 4.79 Å². The zero-order valence-electron chi connectivity index (χ0n) is 36.1. The molecular weight excluding hydrogens is 751 g/mol. The quantitative estimate of drug-likeness (QED) is 0.238. The van der Waals surface area contributed by atoms with Crippen LogP contribution in [0.2, 0.25) is 0 Å². The number of nitrogens with zero attached hydrogens (tertiary/aromatic N) is 4. The lowest BCUT2D eigenvalue weighted by atomic mass is 9.72. The van der Waals surface area contributed by atoms with E-state index >= 15 is 4.39 Å². The molecule has 0 bridgehead atoms. The number of halogens is 1. The summed E-state index contributed by atoms with van der Waals surface area (Å²) in [7, 11) is 5.43. The molecule has 3 saturated heterocycles. The Balaban J connectivity index is 1.61. The van der Waals surface area contributed by atoms with Crippen molar-refractivity contribution in [2.24, 2.45) is 23.5 Å². The first-order valence-electron chi connectivity index (χ1n) is 20.4. The number of alkyl halides is 1. The lowest BCUT2D eigenvalue weighted by molar-refractivity contribution is -0.297. The molecule has 4 heterocycles. The zero-order chi connectivity index (χ0) is 43.1. The Kier molecular flexibility index (Phi) is 13.8. The van der Waals surface area contributed by atoms with E-state index in [1.807, 2.05) is 71.0 Å². The van der Waals surface area contributed by atoms with Gasteiger partial charge >= 0.3 is 12.1 Å². The molecule has 14 atom stereocenters. The van der Waals surface area contributed by atoms with E-state index in [9.17, 15) is 19.5 Å². The van der Waals surface area contributed by atoms with Gasteiger partial charge in [-0.1, -0.05) is 45.9 Å². The van der Waals surface area contributed by atoms with Crippen LogP contribution in [0.4, 0.5) is 9.18 Å². The number of hydrazine groups is 1. The lowest BCUT2D eigenvalue weighted by Gasteiger charge is -2.48. The fourth-order valence-electron chi connectivity index (χ4n) is 9.08. The number of hydrogen-bond donors (Lipinski definition) is 3. The molecule has 0 saturated carbocycles. The molecule has 58 heavy (non-hydrogen) atoms. The van der Waals surface area contributed by atoms with Crippen molar-refractivity contribution < 1.29 is 47.6 Å². The van der Waals surface area contributed by atoms with E-state index in [0.717, 1.165) is 18.0 Å². The minimum absolute atomic E-state index is 0.00118. The molecule has 0 aliphatic carbocycles. The number of cyclic esters (lactones) is 1. The highest BCUT2D eigenvalue weighted by Crippen LogP contribution is 2.44. The number of ketones is 1. The minimum atomic E-state index is -3.17. The van der Waals surface area contributed by atoms with Crippen molar-refractivity contribution in [3.8, 4) is 0 Å². The van der Waals surface area contributed by atoms with E-state index in [-0.39, 0.29) is 31.1 Å². The fourth-order valence-corrected chi connectivity index (χ4v) is 9.08. The summed E-state index contributed by atoms with van der Waals surface area (Å²) in [6.45, 7) is 15.3. The number of aromatic nitrogens is 2. The van der Waals surface area contributed by atoms with Crippen LogP contribution in [0, 0.1) is 17.8 Å². The number of carbonyl (C=O) groups is 3. The van der Waals surface area contributed by atoms with Gasteiger partial charge in [0.25, 0.3) is 5.67 Å². The predicted molar refractivity (Wildman–Crippen MR) is 216 cm³/mol. The Morgan fingerprint density at radius 1 is 1.10 bits per heavy atom. The Morgan fingerprint density at radius 2 is 1.78 bits per heavy atom. The highest BCUT2D eigenvalue weighted by molar-refractivity contribution is 6.07. The molecule has 5 rings (SSSR count). The summed E-state index contributed by atoms with van der Waals surface area (Å²) >= 11 is 0. The number of likely N-dealkylation sites (N-methyl/N-ethyl adjacent to an activating group) is 1. The number of hydrogen-bond acceptors (Lipinski definition) is 13. The van der Waals surface area contributed by atoms with Gasteiger partial charge in [0.05, 0.1) is 41.5 Å². The van der Waals surface area contributed by atoms with Gasteiger partial charge in [0, 0.05) is 31.6 Å². The van der Waals surface area contributed by atoms with Crippen LogP contribution in [0.25, 0.3) is 17.1 Å². The van der Waals surface area contributed by atoms with Crippen molar-refractivity contribution in [2.45, 2.75) is 141 Å². The molecule has 4 N–H and O–H groups in total. The second kappa shape index (κ2) is 17.6. The van der Waals surface area contributed by atoms with E-state index in [1.54, 1.807) is 38.1 Å². The Hall–Kier alpha value is -3.51. The first-order valence-corrected chi connectivity index (χ1v) is 20.4. The number of ether oxygens (including phenoxy) is 5. The van der Waals surface area contributed by atoms with Crippen LogP contribution >= 0.6 is 0 Å². The van der Waals surface area contributed by atoms with Crippen LogP contribution in [0.1, 0.15) is 81.0 Å². The van der Waals surface area contributed by atoms with Crippen molar-refractivity contribution in [1.29, 1.82) is 0 Å². The smallest absolute Gasteiger partial charge is 0.425 e. The summed E-state index contributed by atoms with van der Waals surface area (Å²) in [6.07, 6.45) is -1.66. The van der Waals surface area contributed by atoms with E-state index in [4.69, 9.17) is 29.4 Å². The minimum Gasteiger partial charge on any atom is -0.456 e. The van der Waals surface area contributed by atoms with E-state index < -0.39 is 83.2 Å². The number of para-hydroxylation sites is 2. The summed E-state index contributed by atoms with van der Waals surface area (Å²) in [6, 6.07) is 5.88. The van der Waals surface area contributed by atoms with E-state index in [1.165, 1.54) is 18.9 Å². The summed E-state index contributed by atoms with van der Waals surface area (Å²) in [5.74, 6) is -4.18. The van der Waals surface area contributed by atoms with Crippen LogP contribution in [-0.4, -0.2) is 148 Å². The third-order valence-corrected chi connectivity index (χ3v) is 12.8. The summed E-state index contributed by atoms with van der Waals surface area (Å²) in [5.41, 5.74) is 2.77. The van der Waals surface area contributed by atoms with Gasteiger partial charge < -0.3 is 44.4 Å². The van der Waals surface area contributed by atoms with E-state index in [0.29, 0.717) is 18.8 Å². The average Bonchev–Trinajstić information content (AvgIpc) is 3.71. The molecule has 3 aliphatic rings. The fraction of sp³-hybridized carbons (Fsp3) is 0.714. The van der Waals surface area contributed by atoms with Crippen molar-refractivity contribution in [3.63, 3.8) is 0 Å². The van der Waals surface area contributed by atoms with Crippen molar-refractivity contribution >= 4 is 35.0 Å². The molecule has 2 unspecified atom stereocenters. The number of nitrogens with one attached hydrogen (secondary N) is 1. The van der Waals surface area contributed by atoms with Crippen molar-refractivity contribution in [1.82, 2.24) is 24.9 Å². The number of benzene rings is 1. The molecule has 324 valence electrons. The molecule has 0 spiro atoms. The van der Waals surface area contributed by atoms with Gasteiger partial charge in [-0.05, 0) is 91.6 Å². The number of aliphatic hydroxyl groups is 1. The number of H-pyrrole nitrogens is 1. The SMILES string of the molecule is CCN(C)N1C(=O)O[C@]2(C)[C@@H](C)OC(=O)C(C)(F)C(=O)[C@H](C)[C@@H](O[C@@H]3O[C@H](C)C[C@H](N(C)C)[C@H]3O)[C@@](C)(OC/C=C/c3nc4ccccc4[nH]3)C[C@@H](C)C(N)[C@H](C)[C@@H]12. The molecule has 1 amide bonds. The maximum absolute atomic E-state index is 17.0. The first-order chi connectivity index (χ1) is 27.1. The number of imidazole rings is 1. The maximum atomic E-state index is 17.0. The molecule has 3 fully saturated rings. The van der Waals surface area contributed by atoms with Crippen LogP contribution < -0.4 is 5.73 Å². The highest BCUT2D eigenvalue weighted by atomic mass is 19.1. The Morgan fingerprint density at radius 3 is 2.41 bits per heavy atom. The van der Waals surface area contributed by atoms with Crippen LogP contribution in [0.3, 0.4) is 0 Å². The largest absolute Gasteiger partial charge is 0.456 e. The molecule has 1 aromatic heterocycles. The van der Waals surface area contributed by atoms with Gasteiger partial charge in [0.2, 0.25) is 0 Å². The number of amides is 1. The summed E-state index contributed by atoms with van der Waals surface area (Å²) in [5, 5.41) is 14.8. The van der Waals surface area contributed by atoms with Gasteiger partial charge in [-0.25, -0.2) is 29.0 Å². The predicted octanol–water partition coefficient (Wildman–Crippen LogP) is 4.48. The molecular formula is C42H65FN6O9. The van der Waals surface area contributed by atoms with Crippen LogP contribution in [0.15, 0.2) is 30.3 Å². The second-order valence-corrected chi connectivity index (χ2v) is 17.4. The third kappa shape index (κ3) is 8.84. The average molecular weight is 817 g/mol. The number of rotatable bonds is 9. The monoisotopic (exact) mass is 816 g/mol. The Bertz CT molecular complexity index is 1780. The normalized spacial score (nSPS) is 39.6. The van der Waals surface area contributed by atoms with Gasteiger partial charge in [0.15, 0.2) is 17.7 Å². The summed E-state index contributed by atoms with van der Waals surface area (Å²) < 4.78 is 48.4. The molecule has 0 radical (unpaired) electrons. The van der Waals surface area contributed by atoms with Crippen LogP contribution in [0.5, 0.6) is 0 Å². The van der Waals surface area contributed by atoms with Crippen molar-refractivity contribution in [2.75, 3.05) is 34.3 Å². The topological polar surface area (TPSA) is 182 Å². The maximum Gasteiger partial charge on any atom is 0.425 e. The highest BCUT2D eigenvalue weighted by Gasteiger charge is 2.62. The van der Waals surface area contributed by atoms with Gasteiger partial charge in [-0.15, -0.1) is 0 Å². The molecule has 1 aromatic carbocycles. The number of nitrogens with two attached hydrogens (primary N) is 1. The number of fused-ring (bicyclic) bond motifs is 2. The van der Waals surface area contributed by atoms with E-state index in [2.05, 4.69) is 9.97 Å². The number of carbonyl (C=O) groups excluding carboxylic acids is 3. The van der Waals surface area contributed by atoms with Gasteiger partial charge in [-0.2, -0.15) is 0 Å². The number of esters is 1. The van der Waals surface area contributed by atoms with Gasteiger partial charge in [0.1, 0.15) is 18.0 Å². The second-order valence-electron chi connectivity index (χ2n) is 17.4. The number of Topliss-reactive ketones (excluding diaryl/α,β-unsaturated/α-hetero) is 1. The lowest BCUT2D eigenvalue weighted by Crippen LogP contribution is -2.63. The number of aromatic amines is 1.